The maximum absolute atomic E-state index is 13.1. The first-order valence-corrected chi connectivity index (χ1v) is 4.86. The van der Waals surface area contributed by atoms with E-state index in [4.69, 9.17) is 27.6 Å². The molecule has 1 aromatic heterocycles. The standard InChI is InChI=1S/C8H2BrCl2FO/c9-3-2-13-8-4(10)1-5(12)7(11)6(3)8/h1-2H. The second kappa shape index (κ2) is 3.15. The Morgan fingerprint density at radius 2 is 2.08 bits per heavy atom. The molecule has 0 fully saturated rings. The van der Waals surface area contributed by atoms with E-state index in [0.29, 0.717) is 15.4 Å². The Morgan fingerprint density at radius 3 is 2.77 bits per heavy atom. The highest BCUT2D eigenvalue weighted by Crippen LogP contribution is 2.37. The van der Waals surface area contributed by atoms with Crippen molar-refractivity contribution in [2.24, 2.45) is 0 Å². The monoisotopic (exact) mass is 282 g/mol. The van der Waals surface area contributed by atoms with Gasteiger partial charge in [0.05, 0.1) is 19.9 Å². The SMILES string of the molecule is Fc1cc(Cl)c2occ(Br)c2c1Cl. The van der Waals surface area contributed by atoms with Gasteiger partial charge in [-0.05, 0) is 22.0 Å². The third kappa shape index (κ3) is 1.35. The van der Waals surface area contributed by atoms with E-state index in [1.165, 1.54) is 6.26 Å². The molecular weight excluding hydrogens is 282 g/mol. The van der Waals surface area contributed by atoms with Crippen molar-refractivity contribution >= 4 is 50.1 Å². The lowest BCUT2D eigenvalue weighted by Crippen LogP contribution is -1.78. The van der Waals surface area contributed by atoms with Crippen LogP contribution in [0.1, 0.15) is 0 Å². The fraction of sp³-hybridized carbons (Fsp3) is 0. The summed E-state index contributed by atoms with van der Waals surface area (Å²) >= 11 is 14.6. The molecule has 0 atom stereocenters. The van der Waals surface area contributed by atoms with Crippen LogP contribution < -0.4 is 0 Å². The number of benzene rings is 1. The molecule has 1 aromatic carbocycles. The largest absolute Gasteiger partial charge is 0.461 e. The number of hydrogen-bond acceptors (Lipinski definition) is 1. The van der Waals surface area contributed by atoms with Gasteiger partial charge in [-0.3, -0.25) is 0 Å². The van der Waals surface area contributed by atoms with Gasteiger partial charge >= 0.3 is 0 Å². The number of hydrogen-bond donors (Lipinski definition) is 0. The Hall–Kier alpha value is -0.250. The average molecular weight is 284 g/mol. The van der Waals surface area contributed by atoms with Crippen molar-refractivity contribution in [3.63, 3.8) is 0 Å². The first-order valence-electron chi connectivity index (χ1n) is 3.31. The highest BCUT2D eigenvalue weighted by molar-refractivity contribution is 9.10. The first kappa shape index (κ1) is 9.31. The summed E-state index contributed by atoms with van der Waals surface area (Å²) < 4.78 is 18.8. The van der Waals surface area contributed by atoms with Crippen LogP contribution >= 0.6 is 39.1 Å². The third-order valence-corrected chi connectivity index (χ3v) is 2.88. The lowest BCUT2D eigenvalue weighted by molar-refractivity contribution is 0.608. The molecule has 0 spiro atoms. The molecule has 1 heterocycles. The van der Waals surface area contributed by atoms with E-state index in [1.807, 2.05) is 0 Å². The summed E-state index contributed by atoms with van der Waals surface area (Å²) in [5.74, 6) is -0.554. The van der Waals surface area contributed by atoms with Gasteiger partial charge in [-0.2, -0.15) is 0 Å². The molecule has 1 nitrogen and oxygen atoms in total. The molecule has 0 saturated heterocycles. The molecule has 0 saturated carbocycles. The number of halogens is 4. The summed E-state index contributed by atoms with van der Waals surface area (Å²) in [5.41, 5.74) is 0.389. The minimum Gasteiger partial charge on any atom is -0.461 e. The van der Waals surface area contributed by atoms with Gasteiger partial charge in [0.15, 0.2) is 5.58 Å². The summed E-state index contributed by atoms with van der Waals surface area (Å²) in [5, 5.41) is 0.689. The van der Waals surface area contributed by atoms with Crippen LogP contribution in [-0.2, 0) is 0 Å². The van der Waals surface area contributed by atoms with Crippen molar-refractivity contribution in [2.45, 2.75) is 0 Å². The topological polar surface area (TPSA) is 13.1 Å². The van der Waals surface area contributed by atoms with E-state index in [2.05, 4.69) is 15.9 Å². The van der Waals surface area contributed by atoms with Crippen LogP contribution in [0.25, 0.3) is 11.0 Å². The zero-order valence-corrected chi connectivity index (χ0v) is 9.17. The van der Waals surface area contributed by atoms with E-state index in [0.717, 1.165) is 6.07 Å². The van der Waals surface area contributed by atoms with Crippen LogP contribution in [0.2, 0.25) is 10.0 Å². The second-order valence-corrected chi connectivity index (χ2v) is 4.08. The predicted molar refractivity (Wildman–Crippen MR) is 53.9 cm³/mol. The van der Waals surface area contributed by atoms with Crippen molar-refractivity contribution in [1.82, 2.24) is 0 Å². The van der Waals surface area contributed by atoms with E-state index in [1.54, 1.807) is 0 Å². The number of furan rings is 1. The van der Waals surface area contributed by atoms with Crippen molar-refractivity contribution in [1.29, 1.82) is 0 Å². The summed E-state index contributed by atoms with van der Waals surface area (Å²) in [6.45, 7) is 0. The van der Waals surface area contributed by atoms with E-state index < -0.39 is 5.82 Å². The molecule has 5 heteroatoms. The first-order chi connectivity index (χ1) is 6.11. The molecule has 2 aromatic rings. The zero-order chi connectivity index (χ0) is 9.59. The van der Waals surface area contributed by atoms with Crippen molar-refractivity contribution in [3.8, 4) is 0 Å². The maximum Gasteiger partial charge on any atom is 0.155 e. The number of rotatable bonds is 0. The molecule has 2 rings (SSSR count). The van der Waals surface area contributed by atoms with Crippen LogP contribution in [-0.4, -0.2) is 0 Å². The smallest absolute Gasteiger partial charge is 0.155 e. The van der Waals surface area contributed by atoms with Crippen molar-refractivity contribution in [2.75, 3.05) is 0 Å². The van der Waals surface area contributed by atoms with E-state index in [9.17, 15) is 4.39 Å². The van der Waals surface area contributed by atoms with Gasteiger partial charge in [0.2, 0.25) is 0 Å². The highest BCUT2D eigenvalue weighted by Gasteiger charge is 2.15. The molecule has 0 bridgehead atoms. The van der Waals surface area contributed by atoms with Crippen molar-refractivity contribution < 1.29 is 8.81 Å². The van der Waals surface area contributed by atoms with E-state index >= 15 is 0 Å². The average Bonchev–Trinajstić information content (AvgIpc) is 2.44. The highest BCUT2D eigenvalue weighted by atomic mass is 79.9. The minimum atomic E-state index is -0.554. The lowest BCUT2D eigenvalue weighted by atomic mass is 10.2. The molecule has 0 aliphatic heterocycles. The summed E-state index contributed by atoms with van der Waals surface area (Å²) in [7, 11) is 0. The van der Waals surface area contributed by atoms with Crippen LogP contribution in [0.4, 0.5) is 4.39 Å². The van der Waals surface area contributed by atoms with E-state index in [-0.39, 0.29) is 10.0 Å². The molecule has 0 amide bonds. The van der Waals surface area contributed by atoms with Crippen LogP contribution in [0, 0.1) is 5.82 Å². The molecule has 68 valence electrons. The van der Waals surface area contributed by atoms with Gasteiger partial charge in [0, 0.05) is 0 Å². The molecule has 0 aliphatic carbocycles. The predicted octanol–water partition coefficient (Wildman–Crippen LogP) is 4.64. The fourth-order valence-corrected chi connectivity index (χ4v) is 2.14. The molecule has 0 aliphatic rings. The Balaban J connectivity index is 3.00. The quantitative estimate of drug-likeness (QED) is 0.642. The van der Waals surface area contributed by atoms with Crippen LogP contribution in [0.3, 0.4) is 0 Å². The summed E-state index contributed by atoms with van der Waals surface area (Å²) in [6.07, 6.45) is 1.42. The normalized spacial score (nSPS) is 11.1. The molecule has 0 N–H and O–H groups in total. The molecule has 13 heavy (non-hydrogen) atoms. The minimum absolute atomic E-state index is 0.0139. The van der Waals surface area contributed by atoms with Crippen LogP contribution in [0.5, 0.6) is 0 Å². The Labute approximate surface area is 91.5 Å². The molecule has 0 unspecified atom stereocenters. The molecular formula is C8H2BrCl2FO. The van der Waals surface area contributed by atoms with Gasteiger partial charge in [-0.1, -0.05) is 23.2 Å². The van der Waals surface area contributed by atoms with Gasteiger partial charge < -0.3 is 4.42 Å². The van der Waals surface area contributed by atoms with Crippen molar-refractivity contribution in [3.05, 3.63) is 32.7 Å². The second-order valence-electron chi connectivity index (χ2n) is 2.44. The Morgan fingerprint density at radius 1 is 1.38 bits per heavy atom. The van der Waals surface area contributed by atoms with Gasteiger partial charge in [-0.15, -0.1) is 0 Å². The van der Waals surface area contributed by atoms with Gasteiger partial charge in [-0.25, -0.2) is 4.39 Å². The maximum atomic E-state index is 13.1. The zero-order valence-electron chi connectivity index (χ0n) is 6.07. The molecule has 0 radical (unpaired) electrons. The van der Waals surface area contributed by atoms with Gasteiger partial charge in [0.25, 0.3) is 0 Å². The summed E-state index contributed by atoms with van der Waals surface area (Å²) in [6, 6.07) is 1.13. The number of fused-ring (bicyclic) bond motifs is 1. The van der Waals surface area contributed by atoms with Gasteiger partial charge in [0.1, 0.15) is 12.1 Å². The van der Waals surface area contributed by atoms with Crippen LogP contribution in [0.15, 0.2) is 21.2 Å². The Kier molecular flexibility index (Phi) is 2.26. The fourth-order valence-electron chi connectivity index (χ4n) is 1.08. The Bertz CT molecular complexity index is 480. The lowest BCUT2D eigenvalue weighted by Gasteiger charge is -1.97. The summed E-state index contributed by atoms with van der Waals surface area (Å²) in [4.78, 5) is 0. The third-order valence-electron chi connectivity index (χ3n) is 1.65.